The number of hydrogen-bond acceptors (Lipinski definition) is 5. The van der Waals surface area contributed by atoms with Gasteiger partial charge in [0, 0.05) is 22.8 Å². The van der Waals surface area contributed by atoms with E-state index in [4.69, 9.17) is 0 Å². The lowest BCUT2D eigenvalue weighted by Crippen LogP contribution is -2.13. The summed E-state index contributed by atoms with van der Waals surface area (Å²) in [6, 6.07) is 11.9. The van der Waals surface area contributed by atoms with Crippen molar-refractivity contribution in [2.24, 2.45) is 0 Å². The van der Waals surface area contributed by atoms with Gasteiger partial charge in [0.15, 0.2) is 5.82 Å². The number of benzene rings is 2. The summed E-state index contributed by atoms with van der Waals surface area (Å²) in [6.45, 7) is 3.57. The number of nitrogens with one attached hydrogen (secondary N) is 2. The van der Waals surface area contributed by atoms with Gasteiger partial charge in [-0.2, -0.15) is 4.98 Å². The van der Waals surface area contributed by atoms with Crippen LogP contribution in [-0.2, 0) is 0 Å². The Morgan fingerprint density at radius 2 is 1.88 bits per heavy atom. The number of nitro groups is 1. The van der Waals surface area contributed by atoms with E-state index in [2.05, 4.69) is 20.5 Å². The van der Waals surface area contributed by atoms with Crippen LogP contribution in [0.25, 0.3) is 11.4 Å². The fourth-order valence-electron chi connectivity index (χ4n) is 2.33. The van der Waals surface area contributed by atoms with E-state index in [1.165, 1.54) is 18.2 Å². The molecule has 25 heavy (non-hydrogen) atoms. The predicted octanol–water partition coefficient (Wildman–Crippen LogP) is 3.25. The third-order valence-electron chi connectivity index (χ3n) is 3.69. The van der Waals surface area contributed by atoms with E-state index in [1.807, 2.05) is 31.2 Å². The molecular formula is C17H15N5O3. The van der Waals surface area contributed by atoms with Gasteiger partial charge in [-0.1, -0.05) is 29.8 Å². The molecule has 0 saturated carbocycles. The number of carbonyl (C=O) groups is 1. The minimum atomic E-state index is -0.486. The Hall–Kier alpha value is -3.55. The van der Waals surface area contributed by atoms with Crippen LogP contribution in [0.1, 0.15) is 21.5 Å². The number of hydrogen-bond donors (Lipinski definition) is 2. The zero-order valence-electron chi connectivity index (χ0n) is 13.6. The summed E-state index contributed by atoms with van der Waals surface area (Å²) in [4.78, 5) is 26.8. The minimum Gasteiger partial charge on any atom is -0.289 e. The topological polar surface area (TPSA) is 114 Å². The van der Waals surface area contributed by atoms with Crippen LogP contribution in [-0.4, -0.2) is 26.0 Å². The molecule has 0 atom stereocenters. The fourth-order valence-corrected chi connectivity index (χ4v) is 2.33. The van der Waals surface area contributed by atoms with E-state index in [9.17, 15) is 14.9 Å². The summed E-state index contributed by atoms with van der Waals surface area (Å²) in [5.74, 6) is 0.235. The van der Waals surface area contributed by atoms with Crippen molar-refractivity contribution in [2.75, 3.05) is 5.32 Å². The van der Waals surface area contributed by atoms with Crippen molar-refractivity contribution in [3.63, 3.8) is 0 Å². The second-order valence-electron chi connectivity index (χ2n) is 5.59. The molecule has 126 valence electrons. The van der Waals surface area contributed by atoms with Crippen molar-refractivity contribution >= 4 is 17.5 Å². The van der Waals surface area contributed by atoms with Crippen LogP contribution in [0.15, 0.2) is 42.5 Å². The van der Waals surface area contributed by atoms with Crippen molar-refractivity contribution in [3.8, 4) is 11.4 Å². The smallest absolute Gasteiger partial charge is 0.272 e. The number of carbonyl (C=O) groups excluding carboxylic acids is 1. The number of anilines is 1. The van der Waals surface area contributed by atoms with E-state index in [0.717, 1.165) is 11.1 Å². The highest BCUT2D eigenvalue weighted by molar-refractivity contribution is 6.03. The van der Waals surface area contributed by atoms with Gasteiger partial charge >= 0.3 is 0 Å². The summed E-state index contributed by atoms with van der Waals surface area (Å²) < 4.78 is 0. The molecule has 0 radical (unpaired) electrons. The molecule has 0 aliphatic rings. The van der Waals surface area contributed by atoms with Crippen LogP contribution < -0.4 is 5.32 Å². The molecule has 0 saturated heterocycles. The van der Waals surface area contributed by atoms with Gasteiger partial charge in [0.25, 0.3) is 11.6 Å². The largest absolute Gasteiger partial charge is 0.289 e. The average molecular weight is 337 g/mol. The molecule has 1 aromatic heterocycles. The van der Waals surface area contributed by atoms with E-state index in [-0.39, 0.29) is 11.6 Å². The van der Waals surface area contributed by atoms with Gasteiger partial charge in [0.05, 0.1) is 4.92 Å². The number of amides is 1. The van der Waals surface area contributed by atoms with Crippen molar-refractivity contribution < 1.29 is 9.72 Å². The van der Waals surface area contributed by atoms with Gasteiger partial charge in [0.1, 0.15) is 0 Å². The number of aryl methyl sites for hydroxylation is 2. The molecule has 0 spiro atoms. The van der Waals surface area contributed by atoms with Gasteiger partial charge in [-0.15, -0.1) is 5.10 Å². The van der Waals surface area contributed by atoms with Crippen molar-refractivity contribution in [3.05, 3.63) is 69.3 Å². The molecule has 3 aromatic rings. The Morgan fingerprint density at radius 1 is 1.16 bits per heavy atom. The van der Waals surface area contributed by atoms with Crippen LogP contribution in [0.5, 0.6) is 0 Å². The molecule has 3 rings (SSSR count). The number of nitro benzene ring substituents is 1. The molecule has 2 N–H and O–H groups in total. The third-order valence-corrected chi connectivity index (χ3v) is 3.69. The Labute approximate surface area is 143 Å². The monoisotopic (exact) mass is 337 g/mol. The third kappa shape index (κ3) is 3.52. The van der Waals surface area contributed by atoms with E-state index < -0.39 is 10.8 Å². The first kappa shape index (κ1) is 16.3. The van der Waals surface area contributed by atoms with Crippen LogP contribution >= 0.6 is 0 Å². The highest BCUT2D eigenvalue weighted by atomic mass is 16.6. The van der Waals surface area contributed by atoms with Gasteiger partial charge in [-0.05, 0) is 26.0 Å². The summed E-state index contributed by atoms with van der Waals surface area (Å²) in [5.41, 5.74) is 2.66. The Balaban J connectivity index is 1.76. The second-order valence-corrected chi connectivity index (χ2v) is 5.59. The van der Waals surface area contributed by atoms with Gasteiger partial charge in [-0.3, -0.25) is 25.3 Å². The van der Waals surface area contributed by atoms with Gasteiger partial charge in [0.2, 0.25) is 5.95 Å². The number of aromatic nitrogens is 3. The first-order valence-corrected chi connectivity index (χ1v) is 7.50. The Kier molecular flexibility index (Phi) is 4.25. The van der Waals surface area contributed by atoms with Crippen molar-refractivity contribution in [1.82, 2.24) is 15.2 Å². The fraction of sp³-hybridized carbons (Fsp3) is 0.118. The molecule has 8 heteroatoms. The molecule has 0 aliphatic heterocycles. The van der Waals surface area contributed by atoms with Crippen LogP contribution in [0.2, 0.25) is 0 Å². The average Bonchev–Trinajstić information content (AvgIpc) is 3.03. The standard InChI is InChI=1S/C17H15N5O3/c1-10-3-5-12(6-4-10)15-18-17(21-20-15)19-16(23)13-7-8-14(22(24)25)11(2)9-13/h3-9H,1-2H3,(H2,18,19,20,21,23). The zero-order chi connectivity index (χ0) is 18.0. The van der Waals surface area contributed by atoms with E-state index in [0.29, 0.717) is 17.0 Å². The zero-order valence-corrected chi connectivity index (χ0v) is 13.6. The van der Waals surface area contributed by atoms with Crippen LogP contribution in [0, 0.1) is 24.0 Å². The Morgan fingerprint density at radius 3 is 2.52 bits per heavy atom. The highest BCUT2D eigenvalue weighted by Gasteiger charge is 2.15. The predicted molar refractivity (Wildman–Crippen MR) is 92.3 cm³/mol. The molecule has 0 bridgehead atoms. The summed E-state index contributed by atoms with van der Waals surface area (Å²) in [5, 5.41) is 20.1. The second kappa shape index (κ2) is 6.52. The molecule has 0 aliphatic carbocycles. The van der Waals surface area contributed by atoms with Crippen LogP contribution in [0.4, 0.5) is 11.6 Å². The number of H-pyrrole nitrogens is 1. The highest BCUT2D eigenvalue weighted by Crippen LogP contribution is 2.20. The van der Waals surface area contributed by atoms with E-state index >= 15 is 0 Å². The number of aromatic amines is 1. The lowest BCUT2D eigenvalue weighted by molar-refractivity contribution is -0.385. The van der Waals surface area contributed by atoms with E-state index in [1.54, 1.807) is 6.92 Å². The maximum absolute atomic E-state index is 12.3. The maximum Gasteiger partial charge on any atom is 0.272 e. The van der Waals surface area contributed by atoms with Crippen molar-refractivity contribution in [1.29, 1.82) is 0 Å². The van der Waals surface area contributed by atoms with Crippen LogP contribution in [0.3, 0.4) is 0 Å². The molecule has 8 nitrogen and oxygen atoms in total. The van der Waals surface area contributed by atoms with Gasteiger partial charge < -0.3 is 0 Å². The lowest BCUT2D eigenvalue weighted by atomic mass is 10.1. The summed E-state index contributed by atoms with van der Waals surface area (Å²) >= 11 is 0. The molecular weight excluding hydrogens is 322 g/mol. The SMILES string of the molecule is Cc1ccc(-c2nc(NC(=O)c3ccc([N+](=O)[O-])c(C)c3)n[nH]2)cc1. The number of rotatable bonds is 4. The normalized spacial score (nSPS) is 10.5. The lowest BCUT2D eigenvalue weighted by Gasteiger charge is -2.03. The minimum absolute atomic E-state index is 0.0314. The quantitative estimate of drug-likeness (QED) is 0.560. The summed E-state index contributed by atoms with van der Waals surface area (Å²) in [6.07, 6.45) is 0. The number of nitrogens with zero attached hydrogens (tertiary/aromatic N) is 3. The maximum atomic E-state index is 12.3. The molecule has 0 unspecified atom stereocenters. The molecule has 1 amide bonds. The molecule has 2 aromatic carbocycles. The summed E-state index contributed by atoms with van der Waals surface area (Å²) in [7, 11) is 0. The van der Waals surface area contributed by atoms with Gasteiger partial charge in [-0.25, -0.2) is 0 Å². The first-order chi connectivity index (χ1) is 11.9. The molecule has 1 heterocycles. The van der Waals surface area contributed by atoms with Crippen molar-refractivity contribution in [2.45, 2.75) is 13.8 Å². The molecule has 0 fully saturated rings. The Bertz CT molecular complexity index is 947. The first-order valence-electron chi connectivity index (χ1n) is 7.50.